The highest BCUT2D eigenvalue weighted by atomic mass is 127. The third kappa shape index (κ3) is 7.02. The zero-order chi connectivity index (χ0) is 15.5. The Morgan fingerprint density at radius 2 is 1.95 bits per heavy atom. The van der Waals surface area contributed by atoms with Gasteiger partial charge in [-0.05, 0) is 32.4 Å². The van der Waals surface area contributed by atoms with Crippen molar-refractivity contribution < 1.29 is 9.47 Å². The van der Waals surface area contributed by atoms with Crippen molar-refractivity contribution in [2.75, 3.05) is 32.6 Å². The maximum absolute atomic E-state index is 5.30. The summed E-state index contributed by atoms with van der Waals surface area (Å²) in [5, 5.41) is 6.48. The SMILES string of the molecule is C/C=C/CCN=C(NCC)Nc1ccc(OC)c(OC)c1.I. The molecule has 0 aromatic heterocycles. The summed E-state index contributed by atoms with van der Waals surface area (Å²) in [5.74, 6) is 2.15. The Kier molecular flexibility index (Phi) is 11.3. The minimum atomic E-state index is 0. The smallest absolute Gasteiger partial charge is 0.195 e. The lowest BCUT2D eigenvalue weighted by atomic mass is 10.3. The largest absolute Gasteiger partial charge is 0.493 e. The minimum absolute atomic E-state index is 0. The van der Waals surface area contributed by atoms with E-state index in [9.17, 15) is 0 Å². The summed E-state index contributed by atoms with van der Waals surface area (Å²) in [7, 11) is 3.25. The van der Waals surface area contributed by atoms with Crippen LogP contribution < -0.4 is 20.1 Å². The van der Waals surface area contributed by atoms with E-state index >= 15 is 0 Å². The van der Waals surface area contributed by atoms with E-state index in [0.29, 0.717) is 11.5 Å². The van der Waals surface area contributed by atoms with E-state index < -0.39 is 0 Å². The molecule has 0 saturated heterocycles. The van der Waals surface area contributed by atoms with E-state index in [4.69, 9.17) is 9.47 Å². The van der Waals surface area contributed by atoms with E-state index in [1.54, 1.807) is 14.2 Å². The number of rotatable bonds is 7. The molecule has 0 atom stereocenters. The first-order chi connectivity index (χ1) is 10.2. The van der Waals surface area contributed by atoms with E-state index in [1.807, 2.05) is 38.1 Å². The maximum atomic E-state index is 5.30. The van der Waals surface area contributed by atoms with Gasteiger partial charge in [0.05, 0.1) is 14.2 Å². The molecular weight excluding hydrogens is 393 g/mol. The second kappa shape index (κ2) is 12.1. The molecule has 0 radical (unpaired) electrons. The Hall–Kier alpha value is -1.44. The van der Waals surface area contributed by atoms with Crippen LogP contribution in [0.1, 0.15) is 20.3 Å². The Balaban J connectivity index is 0.00000441. The van der Waals surface area contributed by atoms with Gasteiger partial charge in [-0.3, -0.25) is 4.99 Å². The summed E-state index contributed by atoms with van der Waals surface area (Å²) >= 11 is 0. The number of allylic oxidation sites excluding steroid dienone is 1. The average Bonchev–Trinajstić information content (AvgIpc) is 2.51. The fourth-order valence-electron chi connectivity index (χ4n) is 1.78. The van der Waals surface area contributed by atoms with Crippen molar-refractivity contribution in [3.8, 4) is 11.5 Å². The van der Waals surface area contributed by atoms with Gasteiger partial charge in [-0.2, -0.15) is 0 Å². The topological polar surface area (TPSA) is 54.9 Å². The lowest BCUT2D eigenvalue weighted by Gasteiger charge is -2.13. The van der Waals surface area contributed by atoms with Gasteiger partial charge >= 0.3 is 0 Å². The van der Waals surface area contributed by atoms with Crippen LogP contribution in [0.2, 0.25) is 0 Å². The third-order valence-electron chi connectivity index (χ3n) is 2.79. The van der Waals surface area contributed by atoms with Crippen LogP contribution in [0.4, 0.5) is 5.69 Å². The molecule has 0 unspecified atom stereocenters. The molecule has 0 saturated carbocycles. The van der Waals surface area contributed by atoms with Crippen molar-refractivity contribution in [2.24, 2.45) is 4.99 Å². The van der Waals surface area contributed by atoms with Crippen LogP contribution in [0.15, 0.2) is 35.3 Å². The van der Waals surface area contributed by atoms with Gasteiger partial charge in [0.1, 0.15) is 0 Å². The fraction of sp³-hybridized carbons (Fsp3) is 0.438. The highest BCUT2D eigenvalue weighted by Crippen LogP contribution is 2.29. The number of aliphatic imine (C=N–C) groups is 1. The van der Waals surface area contributed by atoms with E-state index in [2.05, 4.69) is 21.7 Å². The third-order valence-corrected chi connectivity index (χ3v) is 2.79. The first kappa shape index (κ1) is 20.6. The van der Waals surface area contributed by atoms with Gasteiger partial charge in [0, 0.05) is 24.8 Å². The number of halogens is 1. The summed E-state index contributed by atoms with van der Waals surface area (Å²) in [6, 6.07) is 5.68. The highest BCUT2D eigenvalue weighted by Gasteiger charge is 2.05. The number of methoxy groups -OCH3 is 2. The van der Waals surface area contributed by atoms with Crippen molar-refractivity contribution in [1.82, 2.24) is 5.32 Å². The molecule has 6 heteroatoms. The number of hydrogen-bond acceptors (Lipinski definition) is 3. The molecule has 0 aliphatic carbocycles. The predicted octanol–water partition coefficient (Wildman–Crippen LogP) is 3.67. The summed E-state index contributed by atoms with van der Waals surface area (Å²) in [6.45, 7) is 5.60. The van der Waals surface area contributed by atoms with Crippen LogP contribution in [0, 0.1) is 0 Å². The number of anilines is 1. The molecule has 22 heavy (non-hydrogen) atoms. The summed E-state index contributed by atoms with van der Waals surface area (Å²) in [6.07, 6.45) is 5.06. The van der Waals surface area contributed by atoms with Crippen molar-refractivity contribution in [3.63, 3.8) is 0 Å². The van der Waals surface area contributed by atoms with E-state index in [-0.39, 0.29) is 24.0 Å². The molecule has 0 heterocycles. The molecule has 0 spiro atoms. The monoisotopic (exact) mass is 419 g/mol. The molecule has 1 aromatic carbocycles. The van der Waals surface area contributed by atoms with Gasteiger partial charge in [-0.15, -0.1) is 24.0 Å². The van der Waals surface area contributed by atoms with Gasteiger partial charge < -0.3 is 20.1 Å². The van der Waals surface area contributed by atoms with Crippen molar-refractivity contribution >= 4 is 35.6 Å². The molecule has 1 aromatic rings. The van der Waals surface area contributed by atoms with Crippen LogP contribution in [-0.4, -0.2) is 33.3 Å². The molecule has 1 rings (SSSR count). The van der Waals surface area contributed by atoms with Gasteiger partial charge in [0.2, 0.25) is 0 Å². The number of benzene rings is 1. The summed E-state index contributed by atoms with van der Waals surface area (Å²) < 4.78 is 10.5. The second-order valence-corrected chi connectivity index (χ2v) is 4.31. The van der Waals surface area contributed by atoms with E-state index in [0.717, 1.165) is 31.2 Å². The van der Waals surface area contributed by atoms with Gasteiger partial charge in [0.25, 0.3) is 0 Å². The molecule has 0 aliphatic rings. The van der Waals surface area contributed by atoms with Crippen molar-refractivity contribution in [2.45, 2.75) is 20.3 Å². The molecule has 0 aliphatic heterocycles. The molecule has 124 valence electrons. The van der Waals surface area contributed by atoms with Crippen LogP contribution in [-0.2, 0) is 0 Å². The maximum Gasteiger partial charge on any atom is 0.195 e. The van der Waals surface area contributed by atoms with Gasteiger partial charge in [-0.25, -0.2) is 0 Å². The standard InChI is InChI=1S/C16H25N3O2.HI/c1-5-7-8-11-18-16(17-6-2)19-13-9-10-14(20-3)15(12-13)21-4;/h5,7,9-10,12H,6,8,11H2,1-4H3,(H2,17,18,19);1H/b7-5+;. The van der Waals surface area contributed by atoms with Crippen LogP contribution in [0.25, 0.3) is 0 Å². The van der Waals surface area contributed by atoms with Gasteiger partial charge in [-0.1, -0.05) is 12.2 Å². The van der Waals surface area contributed by atoms with Crippen molar-refractivity contribution in [1.29, 1.82) is 0 Å². The Morgan fingerprint density at radius 1 is 1.23 bits per heavy atom. The molecule has 0 fully saturated rings. The average molecular weight is 419 g/mol. The van der Waals surface area contributed by atoms with Crippen LogP contribution in [0.5, 0.6) is 11.5 Å². The number of hydrogen-bond donors (Lipinski definition) is 2. The Morgan fingerprint density at radius 3 is 2.55 bits per heavy atom. The Labute approximate surface area is 150 Å². The van der Waals surface area contributed by atoms with Crippen molar-refractivity contribution in [3.05, 3.63) is 30.4 Å². The fourth-order valence-corrected chi connectivity index (χ4v) is 1.78. The number of guanidine groups is 1. The first-order valence-corrected chi connectivity index (χ1v) is 7.13. The van der Waals surface area contributed by atoms with Crippen LogP contribution in [0.3, 0.4) is 0 Å². The first-order valence-electron chi connectivity index (χ1n) is 7.13. The lowest BCUT2D eigenvalue weighted by Crippen LogP contribution is -2.30. The molecule has 5 nitrogen and oxygen atoms in total. The quantitative estimate of drug-likeness (QED) is 0.233. The predicted molar refractivity (Wildman–Crippen MR) is 104 cm³/mol. The number of nitrogens with zero attached hydrogens (tertiary/aromatic N) is 1. The zero-order valence-corrected chi connectivity index (χ0v) is 16.0. The minimum Gasteiger partial charge on any atom is -0.493 e. The number of nitrogens with one attached hydrogen (secondary N) is 2. The number of ether oxygens (including phenoxy) is 2. The zero-order valence-electron chi connectivity index (χ0n) is 13.7. The highest BCUT2D eigenvalue weighted by molar-refractivity contribution is 14.0. The van der Waals surface area contributed by atoms with E-state index in [1.165, 1.54) is 0 Å². The summed E-state index contributed by atoms with van der Waals surface area (Å²) in [4.78, 5) is 4.52. The molecule has 0 bridgehead atoms. The Bertz CT molecular complexity index is 490. The van der Waals surface area contributed by atoms with Crippen LogP contribution >= 0.6 is 24.0 Å². The molecule has 2 N–H and O–H groups in total. The second-order valence-electron chi connectivity index (χ2n) is 4.31. The normalized spacial score (nSPS) is 11.0. The molecule has 0 amide bonds. The van der Waals surface area contributed by atoms with Gasteiger partial charge in [0.15, 0.2) is 17.5 Å². The molecular formula is C16H26IN3O2. The lowest BCUT2D eigenvalue weighted by molar-refractivity contribution is 0.355. The summed E-state index contributed by atoms with van der Waals surface area (Å²) in [5.41, 5.74) is 0.901.